The molecule has 0 saturated carbocycles. The Bertz CT molecular complexity index is 1790. The van der Waals surface area contributed by atoms with E-state index in [1.54, 1.807) is 24.3 Å². The number of pyridine rings is 1. The summed E-state index contributed by atoms with van der Waals surface area (Å²) in [6.45, 7) is 14.0. The van der Waals surface area contributed by atoms with Crippen molar-refractivity contribution in [3.8, 4) is 16.9 Å². The van der Waals surface area contributed by atoms with Gasteiger partial charge in [-0.2, -0.15) is 4.98 Å². The van der Waals surface area contributed by atoms with Crippen LogP contribution in [0.15, 0.2) is 35.1 Å². The van der Waals surface area contributed by atoms with Gasteiger partial charge in [-0.3, -0.25) is 0 Å². The van der Waals surface area contributed by atoms with E-state index < -0.39 is 17.6 Å². The second-order valence-electron chi connectivity index (χ2n) is 11.7. The lowest BCUT2D eigenvalue weighted by Gasteiger charge is -2.43. The van der Waals surface area contributed by atoms with E-state index in [9.17, 15) is 14.7 Å². The standard InChI is InChI=1S/C31H35ClFN7O3/c1-15(2)24-26(19(7)34-27(35-24)16(3)4)40-29-21(12-22(32)25(36-29)20-10-8-9-11-23(20)33)28(37-30(40)41)38-13-18(6)39(31(42)43)14-17(38)5/h8-12,15-18H,13-14H2,1-7H3,(H,42,43). The number of carbonyl (C=O) groups is 1. The molecule has 1 amide bonds. The maximum absolute atomic E-state index is 15.0. The lowest BCUT2D eigenvalue weighted by Crippen LogP contribution is -2.58. The fourth-order valence-electron chi connectivity index (χ4n) is 5.60. The van der Waals surface area contributed by atoms with E-state index in [0.29, 0.717) is 40.6 Å². The molecule has 1 saturated heterocycles. The van der Waals surface area contributed by atoms with Crippen LogP contribution >= 0.6 is 11.6 Å². The van der Waals surface area contributed by atoms with Gasteiger partial charge in [-0.05, 0) is 44.9 Å². The molecule has 1 fully saturated rings. The van der Waals surface area contributed by atoms with Crippen molar-refractivity contribution in [1.29, 1.82) is 0 Å². The molecule has 0 radical (unpaired) electrons. The van der Waals surface area contributed by atoms with Crippen LogP contribution in [-0.2, 0) is 0 Å². The van der Waals surface area contributed by atoms with Crippen molar-refractivity contribution in [3.05, 3.63) is 68.9 Å². The molecule has 4 aromatic rings. The lowest BCUT2D eigenvalue weighted by molar-refractivity contribution is 0.114. The Kier molecular flexibility index (Phi) is 8.13. The van der Waals surface area contributed by atoms with Crippen molar-refractivity contribution >= 4 is 34.5 Å². The Morgan fingerprint density at radius 2 is 1.72 bits per heavy atom. The minimum absolute atomic E-state index is 0.0664. The number of piperazine rings is 1. The first-order valence-electron chi connectivity index (χ1n) is 14.3. The lowest BCUT2D eigenvalue weighted by atomic mass is 10.0. The van der Waals surface area contributed by atoms with Crippen molar-refractivity contribution in [2.75, 3.05) is 18.0 Å². The summed E-state index contributed by atoms with van der Waals surface area (Å²) in [7, 11) is 0. The molecule has 0 aliphatic carbocycles. The summed E-state index contributed by atoms with van der Waals surface area (Å²) >= 11 is 6.78. The summed E-state index contributed by atoms with van der Waals surface area (Å²) in [6.07, 6.45) is -1.01. The largest absolute Gasteiger partial charge is 0.465 e. The quantitative estimate of drug-likeness (QED) is 0.286. The molecular formula is C31H35ClFN7O3. The topological polar surface area (TPSA) is 117 Å². The molecule has 226 valence electrons. The smallest absolute Gasteiger partial charge is 0.407 e. The SMILES string of the molecule is Cc1nc(C(C)C)nc(C(C)C)c1-n1c(=O)nc(N2CC(C)N(C(=O)O)CC2C)c2cc(Cl)c(-c3ccccc3F)nc21. The van der Waals surface area contributed by atoms with Crippen LogP contribution in [-0.4, -0.2) is 65.8 Å². The number of hydrogen-bond donors (Lipinski definition) is 1. The van der Waals surface area contributed by atoms with Crippen LogP contribution in [0.3, 0.4) is 0 Å². The van der Waals surface area contributed by atoms with Gasteiger partial charge in [-0.15, -0.1) is 0 Å². The van der Waals surface area contributed by atoms with Crippen LogP contribution in [0.5, 0.6) is 0 Å². The Labute approximate surface area is 254 Å². The molecule has 2 atom stereocenters. The van der Waals surface area contributed by atoms with Crippen molar-refractivity contribution in [3.63, 3.8) is 0 Å². The third-order valence-electron chi connectivity index (χ3n) is 7.82. The fourth-order valence-corrected chi connectivity index (χ4v) is 5.86. The first-order chi connectivity index (χ1) is 20.3. The molecular weight excluding hydrogens is 573 g/mol. The second kappa shape index (κ2) is 11.5. The molecule has 0 spiro atoms. The molecule has 1 aliphatic heterocycles. The highest BCUT2D eigenvalue weighted by Gasteiger charge is 2.35. The fraction of sp³-hybridized carbons (Fsp3) is 0.419. The van der Waals surface area contributed by atoms with Gasteiger partial charge in [0.1, 0.15) is 17.5 Å². The van der Waals surface area contributed by atoms with Gasteiger partial charge in [0.05, 0.1) is 33.2 Å². The van der Waals surface area contributed by atoms with Crippen LogP contribution in [0, 0.1) is 12.7 Å². The molecule has 1 aliphatic rings. The van der Waals surface area contributed by atoms with E-state index in [1.165, 1.54) is 15.5 Å². The van der Waals surface area contributed by atoms with Crippen LogP contribution in [0.1, 0.15) is 70.6 Å². The Morgan fingerprint density at radius 3 is 2.35 bits per heavy atom. The summed E-state index contributed by atoms with van der Waals surface area (Å²) in [4.78, 5) is 48.2. The van der Waals surface area contributed by atoms with Crippen molar-refractivity contribution in [2.24, 2.45) is 0 Å². The predicted octanol–water partition coefficient (Wildman–Crippen LogP) is 6.16. The normalized spacial score (nSPS) is 17.4. The average molecular weight is 608 g/mol. The molecule has 12 heteroatoms. The second-order valence-corrected chi connectivity index (χ2v) is 12.1. The van der Waals surface area contributed by atoms with Gasteiger partial charge in [0.15, 0.2) is 5.65 Å². The summed E-state index contributed by atoms with van der Waals surface area (Å²) in [5.74, 6) is 0.485. The molecule has 0 bridgehead atoms. The van der Waals surface area contributed by atoms with Crippen molar-refractivity contribution < 1.29 is 14.3 Å². The molecule has 5 rings (SSSR count). The van der Waals surface area contributed by atoms with E-state index >= 15 is 4.39 Å². The molecule has 10 nitrogen and oxygen atoms in total. The van der Waals surface area contributed by atoms with Crippen molar-refractivity contribution in [1.82, 2.24) is 29.4 Å². The minimum atomic E-state index is -1.01. The molecule has 43 heavy (non-hydrogen) atoms. The van der Waals surface area contributed by atoms with Gasteiger partial charge in [0.25, 0.3) is 0 Å². The highest BCUT2D eigenvalue weighted by molar-refractivity contribution is 6.33. The van der Waals surface area contributed by atoms with Gasteiger partial charge >= 0.3 is 11.8 Å². The number of fused-ring (bicyclic) bond motifs is 1. The summed E-state index contributed by atoms with van der Waals surface area (Å²) in [5, 5.41) is 10.3. The summed E-state index contributed by atoms with van der Waals surface area (Å²) in [6, 6.07) is 7.17. The number of benzene rings is 1. The Balaban J connectivity index is 1.86. The number of rotatable bonds is 5. The third-order valence-corrected chi connectivity index (χ3v) is 8.11. The molecule has 1 N–H and O–H groups in total. The number of hydrogen-bond acceptors (Lipinski definition) is 7. The van der Waals surface area contributed by atoms with Crippen LogP contribution in [0.2, 0.25) is 5.02 Å². The summed E-state index contributed by atoms with van der Waals surface area (Å²) < 4.78 is 16.4. The highest BCUT2D eigenvalue weighted by atomic mass is 35.5. The number of nitrogens with zero attached hydrogens (tertiary/aromatic N) is 7. The van der Waals surface area contributed by atoms with Gasteiger partial charge in [0, 0.05) is 36.7 Å². The number of amides is 1. The van der Waals surface area contributed by atoms with E-state index in [2.05, 4.69) is 4.98 Å². The monoisotopic (exact) mass is 607 g/mol. The molecule has 3 aromatic heterocycles. The van der Waals surface area contributed by atoms with Crippen LogP contribution in [0.4, 0.5) is 15.0 Å². The maximum atomic E-state index is 15.0. The van der Waals surface area contributed by atoms with Gasteiger partial charge in [-0.1, -0.05) is 51.4 Å². The van der Waals surface area contributed by atoms with E-state index in [0.717, 1.165) is 0 Å². The third kappa shape index (κ3) is 5.42. The molecule has 1 aromatic carbocycles. The maximum Gasteiger partial charge on any atom is 0.407 e. The number of aryl methyl sites for hydroxylation is 1. The zero-order valence-corrected chi connectivity index (χ0v) is 26.0. The van der Waals surface area contributed by atoms with E-state index in [-0.39, 0.29) is 52.4 Å². The van der Waals surface area contributed by atoms with Gasteiger partial charge in [-0.25, -0.2) is 33.5 Å². The molecule has 4 heterocycles. The van der Waals surface area contributed by atoms with Gasteiger partial charge < -0.3 is 14.9 Å². The average Bonchev–Trinajstić information content (AvgIpc) is 2.94. The first-order valence-corrected chi connectivity index (χ1v) is 14.7. The van der Waals surface area contributed by atoms with Crippen LogP contribution < -0.4 is 10.6 Å². The van der Waals surface area contributed by atoms with Gasteiger partial charge in [0.2, 0.25) is 0 Å². The number of carboxylic acid groups (broad SMARTS) is 1. The summed E-state index contributed by atoms with van der Waals surface area (Å²) in [5.41, 5.74) is 1.71. The van der Waals surface area contributed by atoms with E-state index in [1.807, 2.05) is 53.4 Å². The Hall–Kier alpha value is -4.12. The zero-order chi connectivity index (χ0) is 31.3. The van der Waals surface area contributed by atoms with E-state index in [4.69, 9.17) is 26.6 Å². The predicted molar refractivity (Wildman–Crippen MR) is 165 cm³/mol. The minimum Gasteiger partial charge on any atom is -0.465 e. The number of anilines is 1. The Morgan fingerprint density at radius 1 is 1.02 bits per heavy atom. The highest BCUT2D eigenvalue weighted by Crippen LogP contribution is 2.36. The number of halogens is 2. The van der Waals surface area contributed by atoms with Crippen LogP contribution in [0.25, 0.3) is 28.0 Å². The molecule has 2 unspecified atom stereocenters. The van der Waals surface area contributed by atoms with Crippen molar-refractivity contribution in [2.45, 2.75) is 72.4 Å². The zero-order valence-electron chi connectivity index (χ0n) is 25.3. The first kappa shape index (κ1) is 30.3. The number of aromatic nitrogens is 5.